The van der Waals surface area contributed by atoms with E-state index in [2.05, 4.69) is 39.7 Å². The lowest BCUT2D eigenvalue weighted by Gasteiger charge is -2.05. The van der Waals surface area contributed by atoms with Gasteiger partial charge in [0.05, 0.1) is 6.61 Å². The van der Waals surface area contributed by atoms with E-state index >= 15 is 0 Å². The maximum absolute atomic E-state index is 5.09. The van der Waals surface area contributed by atoms with Crippen molar-refractivity contribution in [2.24, 2.45) is 7.05 Å². The van der Waals surface area contributed by atoms with Crippen molar-refractivity contribution in [3.8, 4) is 0 Å². The van der Waals surface area contributed by atoms with Crippen molar-refractivity contribution in [1.82, 2.24) is 20.1 Å². The molecule has 0 aliphatic carbocycles. The second-order valence-corrected chi connectivity index (χ2v) is 4.51. The summed E-state index contributed by atoms with van der Waals surface area (Å²) in [5.74, 6) is 0.880. The van der Waals surface area contributed by atoms with Crippen LogP contribution in [-0.4, -0.2) is 28.4 Å². The maximum Gasteiger partial charge on any atom is 0.151 e. The molecule has 0 radical (unpaired) electrons. The van der Waals surface area contributed by atoms with Gasteiger partial charge in [0.2, 0.25) is 0 Å². The summed E-state index contributed by atoms with van der Waals surface area (Å²) >= 11 is 0. The van der Waals surface area contributed by atoms with E-state index in [0.717, 1.165) is 25.3 Å². The fourth-order valence-corrected chi connectivity index (χ4v) is 1.85. The summed E-state index contributed by atoms with van der Waals surface area (Å²) in [7, 11) is 3.59. The third-order valence-corrected chi connectivity index (χ3v) is 2.84. The molecule has 2 aromatic rings. The lowest BCUT2D eigenvalue weighted by molar-refractivity contribution is 0.185. The first-order valence-electron chi connectivity index (χ1n) is 6.40. The maximum atomic E-state index is 5.09. The van der Waals surface area contributed by atoms with Gasteiger partial charge in [-0.2, -0.15) is 5.10 Å². The predicted octanol–water partition coefficient (Wildman–Crippen LogP) is 1.29. The molecule has 0 amide bonds. The molecular weight excluding hydrogens is 240 g/mol. The highest BCUT2D eigenvalue weighted by molar-refractivity contribution is 5.21. The Labute approximate surface area is 113 Å². The van der Waals surface area contributed by atoms with Crippen molar-refractivity contribution in [3.05, 3.63) is 47.5 Å². The van der Waals surface area contributed by atoms with Crippen LogP contribution in [0.3, 0.4) is 0 Å². The van der Waals surface area contributed by atoms with E-state index < -0.39 is 0 Å². The summed E-state index contributed by atoms with van der Waals surface area (Å²) in [6, 6.07) is 8.45. The van der Waals surface area contributed by atoms with Crippen LogP contribution in [0.1, 0.15) is 17.0 Å². The zero-order chi connectivity index (χ0) is 13.5. The molecule has 5 heteroatoms. The molecule has 0 atom stereocenters. The molecule has 2 rings (SSSR count). The smallest absolute Gasteiger partial charge is 0.151 e. The lowest BCUT2D eigenvalue weighted by atomic mass is 10.1. The number of aryl methyl sites for hydroxylation is 1. The second-order valence-electron chi connectivity index (χ2n) is 4.51. The van der Waals surface area contributed by atoms with Gasteiger partial charge in [-0.15, -0.1) is 0 Å². The molecule has 0 spiro atoms. The summed E-state index contributed by atoms with van der Waals surface area (Å²) in [6.45, 7) is 2.41. The van der Waals surface area contributed by atoms with Gasteiger partial charge in [-0.1, -0.05) is 24.3 Å². The minimum absolute atomic E-state index is 0.666. The largest absolute Gasteiger partial charge is 0.380 e. The van der Waals surface area contributed by atoms with Gasteiger partial charge in [0.15, 0.2) is 5.82 Å². The van der Waals surface area contributed by atoms with E-state index in [9.17, 15) is 0 Å². The first-order valence-corrected chi connectivity index (χ1v) is 6.40. The van der Waals surface area contributed by atoms with Crippen LogP contribution in [0.4, 0.5) is 0 Å². The molecule has 0 bridgehead atoms. The number of ether oxygens (including phenoxy) is 1. The molecule has 1 aromatic carbocycles. The molecule has 19 heavy (non-hydrogen) atoms. The highest BCUT2D eigenvalue weighted by Crippen LogP contribution is 2.05. The van der Waals surface area contributed by atoms with Crippen molar-refractivity contribution >= 4 is 0 Å². The van der Waals surface area contributed by atoms with Crippen molar-refractivity contribution in [2.45, 2.75) is 19.6 Å². The molecule has 0 aliphatic heterocycles. The Morgan fingerprint density at radius 1 is 1.21 bits per heavy atom. The van der Waals surface area contributed by atoms with Crippen molar-refractivity contribution < 1.29 is 4.74 Å². The summed E-state index contributed by atoms with van der Waals surface area (Å²) in [6.07, 6.45) is 2.58. The monoisotopic (exact) mass is 260 g/mol. The van der Waals surface area contributed by atoms with Crippen LogP contribution < -0.4 is 5.32 Å². The average molecular weight is 260 g/mol. The Balaban J connectivity index is 1.70. The number of aromatic nitrogens is 3. The molecule has 102 valence electrons. The first-order chi connectivity index (χ1) is 9.28. The van der Waals surface area contributed by atoms with Gasteiger partial charge in [0.1, 0.15) is 6.33 Å². The van der Waals surface area contributed by atoms with Gasteiger partial charge in [0, 0.05) is 33.7 Å². The molecule has 1 heterocycles. The zero-order valence-electron chi connectivity index (χ0n) is 11.5. The van der Waals surface area contributed by atoms with Crippen molar-refractivity contribution in [2.75, 3.05) is 13.7 Å². The van der Waals surface area contributed by atoms with E-state index in [4.69, 9.17) is 4.74 Å². The number of nitrogens with zero attached hydrogens (tertiary/aromatic N) is 3. The Kier molecular flexibility index (Phi) is 5.06. The molecule has 1 aromatic heterocycles. The molecule has 0 aliphatic rings. The van der Waals surface area contributed by atoms with E-state index in [1.807, 2.05) is 7.05 Å². The fourth-order valence-electron chi connectivity index (χ4n) is 1.85. The van der Waals surface area contributed by atoms with Crippen LogP contribution >= 0.6 is 0 Å². The van der Waals surface area contributed by atoms with Gasteiger partial charge >= 0.3 is 0 Å². The quantitative estimate of drug-likeness (QED) is 0.762. The molecule has 0 saturated heterocycles. The molecular formula is C14H20N4O. The summed E-state index contributed by atoms with van der Waals surface area (Å²) in [5, 5.41) is 7.63. The number of rotatable bonds is 7. The number of nitrogens with one attached hydrogen (secondary N) is 1. The third-order valence-electron chi connectivity index (χ3n) is 2.84. The fraction of sp³-hybridized carbons (Fsp3) is 0.429. The van der Waals surface area contributed by atoms with E-state index in [0.29, 0.717) is 6.61 Å². The van der Waals surface area contributed by atoms with E-state index in [1.54, 1.807) is 18.1 Å². The summed E-state index contributed by atoms with van der Waals surface area (Å²) < 4.78 is 6.81. The SMILES string of the molecule is COCc1ccc(CNCCc2ncn(C)n2)cc1. The summed E-state index contributed by atoms with van der Waals surface area (Å²) in [5.41, 5.74) is 2.47. The normalized spacial score (nSPS) is 10.8. The first kappa shape index (κ1) is 13.7. The minimum atomic E-state index is 0.666. The van der Waals surface area contributed by atoms with E-state index in [1.165, 1.54) is 11.1 Å². The van der Waals surface area contributed by atoms with Crippen LogP contribution in [0, 0.1) is 0 Å². The van der Waals surface area contributed by atoms with Gasteiger partial charge in [-0.25, -0.2) is 4.98 Å². The Hall–Kier alpha value is -1.72. The minimum Gasteiger partial charge on any atom is -0.380 e. The van der Waals surface area contributed by atoms with Crippen LogP contribution in [0.2, 0.25) is 0 Å². The van der Waals surface area contributed by atoms with Crippen molar-refractivity contribution in [3.63, 3.8) is 0 Å². The molecule has 0 fully saturated rings. The van der Waals surface area contributed by atoms with Crippen molar-refractivity contribution in [1.29, 1.82) is 0 Å². The van der Waals surface area contributed by atoms with Crippen LogP contribution in [0.15, 0.2) is 30.6 Å². The van der Waals surface area contributed by atoms with E-state index in [-0.39, 0.29) is 0 Å². The van der Waals surface area contributed by atoms with Crippen LogP contribution in [0.25, 0.3) is 0 Å². The third kappa shape index (κ3) is 4.46. The predicted molar refractivity (Wildman–Crippen MR) is 73.6 cm³/mol. The highest BCUT2D eigenvalue weighted by atomic mass is 16.5. The lowest BCUT2D eigenvalue weighted by Crippen LogP contribution is -2.17. The topological polar surface area (TPSA) is 52.0 Å². The van der Waals surface area contributed by atoms with Gasteiger partial charge < -0.3 is 10.1 Å². The molecule has 0 saturated carbocycles. The molecule has 0 unspecified atom stereocenters. The molecule has 5 nitrogen and oxygen atoms in total. The highest BCUT2D eigenvalue weighted by Gasteiger charge is 1.98. The van der Waals surface area contributed by atoms with Gasteiger partial charge in [-0.05, 0) is 11.1 Å². The Morgan fingerprint density at radius 3 is 2.58 bits per heavy atom. The molecule has 1 N–H and O–H groups in total. The Morgan fingerprint density at radius 2 is 1.95 bits per heavy atom. The van der Waals surface area contributed by atoms with Crippen LogP contribution in [0.5, 0.6) is 0 Å². The summed E-state index contributed by atoms with van der Waals surface area (Å²) in [4.78, 5) is 4.19. The zero-order valence-corrected chi connectivity index (χ0v) is 11.5. The number of benzene rings is 1. The van der Waals surface area contributed by atoms with Gasteiger partial charge in [0.25, 0.3) is 0 Å². The average Bonchev–Trinajstić information content (AvgIpc) is 2.83. The van der Waals surface area contributed by atoms with Gasteiger partial charge in [-0.3, -0.25) is 4.68 Å². The second kappa shape index (κ2) is 7.01. The number of hydrogen-bond acceptors (Lipinski definition) is 4. The standard InChI is InChI=1S/C14H20N4O/c1-18-11-16-14(17-18)7-8-15-9-12-3-5-13(6-4-12)10-19-2/h3-6,11,15H,7-10H2,1-2H3. The number of hydrogen-bond donors (Lipinski definition) is 1. The van der Waals surface area contributed by atoms with Crippen LogP contribution in [-0.2, 0) is 31.4 Å². The Bertz CT molecular complexity index is 492. The number of methoxy groups -OCH3 is 1.